The van der Waals surface area contributed by atoms with Crippen molar-refractivity contribution in [3.63, 3.8) is 0 Å². The summed E-state index contributed by atoms with van der Waals surface area (Å²) in [5, 5.41) is -0.170. The van der Waals surface area contributed by atoms with E-state index in [1.54, 1.807) is 0 Å². The maximum Gasteiger partial charge on any atom is 0.234 e. The molecule has 0 fully saturated rings. The van der Waals surface area contributed by atoms with Crippen LogP contribution in [0.2, 0.25) is 5.02 Å². The fourth-order valence-electron chi connectivity index (χ4n) is 0.395. The highest BCUT2D eigenvalue weighted by atomic mass is 35.5. The van der Waals surface area contributed by atoms with Crippen LogP contribution >= 0.6 is 11.6 Å². The Balaban J connectivity index is 0.000000810. The Bertz CT molecular complexity index is 231. The molecule has 0 unspecified atom stereocenters. The summed E-state index contributed by atoms with van der Waals surface area (Å²) in [6.45, 7) is 0. The minimum absolute atomic E-state index is 0. The molecule has 1 rings (SSSR count). The van der Waals surface area contributed by atoms with E-state index in [-0.39, 0.29) is 10.5 Å². The van der Waals surface area contributed by atoms with Crippen LogP contribution in [0.1, 0.15) is 0 Å². The second-order valence-corrected chi connectivity index (χ2v) is 1.81. The number of halogens is 3. The predicted octanol–water partition coefficient (Wildman–Crippen LogP) is 1.19. The topological polar surface area (TPSA) is 44.4 Å². The smallest absolute Gasteiger partial charge is 0.234 e. The van der Waals surface area contributed by atoms with Crippen molar-refractivity contribution in [2.45, 2.75) is 0 Å². The third-order valence-electron chi connectivity index (χ3n) is 0.769. The van der Waals surface area contributed by atoms with Gasteiger partial charge in [0.1, 0.15) is 0 Å². The van der Waals surface area contributed by atoms with Gasteiger partial charge in [-0.15, -0.1) is 0 Å². The van der Waals surface area contributed by atoms with Crippen LogP contribution in [0.5, 0.6) is 0 Å². The van der Waals surface area contributed by atoms with Gasteiger partial charge in [-0.2, -0.15) is 13.8 Å². The van der Waals surface area contributed by atoms with Crippen LogP contribution in [-0.2, 0) is 0 Å². The van der Waals surface area contributed by atoms with Gasteiger partial charge in [0.15, 0.2) is 0 Å². The third-order valence-corrected chi connectivity index (χ3v) is 1.05. The van der Waals surface area contributed by atoms with E-state index in [0.29, 0.717) is 0 Å². The molecule has 0 aliphatic rings. The SMILES string of the molecule is Fc1ccc(Cl)c(F)n1.O. The van der Waals surface area contributed by atoms with Gasteiger partial charge in [0, 0.05) is 0 Å². The monoisotopic (exact) mass is 167 g/mol. The molecule has 0 aliphatic carbocycles. The minimum Gasteiger partial charge on any atom is -0.412 e. The first-order valence-corrected chi connectivity index (χ1v) is 2.55. The number of hydrogen-bond donors (Lipinski definition) is 0. The zero-order valence-electron chi connectivity index (χ0n) is 4.74. The summed E-state index contributed by atoms with van der Waals surface area (Å²) < 4.78 is 24.0. The van der Waals surface area contributed by atoms with Crippen LogP contribution in [0.3, 0.4) is 0 Å². The van der Waals surface area contributed by atoms with Crippen molar-refractivity contribution in [3.05, 3.63) is 29.1 Å². The van der Waals surface area contributed by atoms with E-state index in [1.807, 2.05) is 0 Å². The summed E-state index contributed by atoms with van der Waals surface area (Å²) in [6.07, 6.45) is 0. The first kappa shape index (κ1) is 9.26. The molecular weight excluding hydrogens is 164 g/mol. The molecule has 0 saturated heterocycles. The number of nitrogens with zero attached hydrogens (tertiary/aromatic N) is 1. The predicted molar refractivity (Wildman–Crippen MR) is 32.8 cm³/mol. The summed E-state index contributed by atoms with van der Waals surface area (Å²) in [6, 6.07) is 2.10. The first-order valence-electron chi connectivity index (χ1n) is 2.17. The Labute approximate surface area is 60.8 Å². The standard InChI is InChI=1S/C5H2ClF2N.H2O/c6-3-1-2-4(7)9-5(3)8;/h1-2H;1H2. The molecule has 2 nitrogen and oxygen atoms in total. The van der Waals surface area contributed by atoms with Crippen molar-refractivity contribution >= 4 is 11.6 Å². The summed E-state index contributed by atoms with van der Waals surface area (Å²) in [5.74, 6) is -1.84. The van der Waals surface area contributed by atoms with Crippen molar-refractivity contribution in [2.24, 2.45) is 0 Å². The van der Waals surface area contributed by atoms with Crippen LogP contribution in [0.4, 0.5) is 8.78 Å². The van der Waals surface area contributed by atoms with Crippen LogP contribution in [0.15, 0.2) is 12.1 Å². The molecule has 0 amide bonds. The normalized spacial score (nSPS) is 8.70. The number of aromatic nitrogens is 1. The van der Waals surface area contributed by atoms with E-state index in [4.69, 9.17) is 11.6 Å². The van der Waals surface area contributed by atoms with Crippen molar-refractivity contribution in [1.82, 2.24) is 4.98 Å². The molecule has 56 valence electrons. The fraction of sp³-hybridized carbons (Fsp3) is 0. The van der Waals surface area contributed by atoms with E-state index >= 15 is 0 Å². The van der Waals surface area contributed by atoms with E-state index in [9.17, 15) is 8.78 Å². The number of pyridine rings is 1. The van der Waals surface area contributed by atoms with Gasteiger partial charge < -0.3 is 5.48 Å². The second-order valence-electron chi connectivity index (χ2n) is 1.41. The Morgan fingerprint density at radius 3 is 2.30 bits per heavy atom. The Morgan fingerprint density at radius 2 is 1.90 bits per heavy atom. The van der Waals surface area contributed by atoms with Crippen molar-refractivity contribution in [3.8, 4) is 0 Å². The average Bonchev–Trinajstić information content (AvgIpc) is 1.80. The summed E-state index contributed by atoms with van der Waals surface area (Å²) >= 11 is 5.18. The van der Waals surface area contributed by atoms with Gasteiger partial charge in [-0.25, -0.2) is 0 Å². The van der Waals surface area contributed by atoms with Crippen LogP contribution in [-0.4, -0.2) is 10.5 Å². The largest absolute Gasteiger partial charge is 0.412 e. The molecule has 0 spiro atoms. The van der Waals surface area contributed by atoms with E-state index in [1.165, 1.54) is 0 Å². The molecule has 10 heavy (non-hydrogen) atoms. The zero-order valence-corrected chi connectivity index (χ0v) is 5.49. The van der Waals surface area contributed by atoms with Gasteiger partial charge >= 0.3 is 0 Å². The Kier molecular flexibility index (Phi) is 3.18. The number of rotatable bonds is 0. The van der Waals surface area contributed by atoms with Gasteiger partial charge in [-0.05, 0) is 12.1 Å². The van der Waals surface area contributed by atoms with Crippen molar-refractivity contribution in [1.29, 1.82) is 0 Å². The molecule has 1 heterocycles. The molecule has 0 atom stereocenters. The molecule has 1 aromatic heterocycles. The summed E-state index contributed by atoms with van der Waals surface area (Å²) in [5.41, 5.74) is 0. The molecule has 5 heteroatoms. The summed E-state index contributed by atoms with van der Waals surface area (Å²) in [4.78, 5) is 2.81. The van der Waals surface area contributed by atoms with Crippen molar-refractivity contribution in [2.75, 3.05) is 0 Å². The molecule has 2 N–H and O–H groups in total. The summed E-state index contributed by atoms with van der Waals surface area (Å²) in [7, 11) is 0. The molecule has 1 aromatic rings. The third kappa shape index (κ3) is 1.89. The average molecular weight is 168 g/mol. The molecule has 0 radical (unpaired) electrons. The minimum atomic E-state index is -0.975. The molecule has 0 aliphatic heterocycles. The van der Waals surface area contributed by atoms with Gasteiger partial charge in [0.25, 0.3) is 0 Å². The molecular formula is C5H4ClF2NO. The maximum atomic E-state index is 12.1. The van der Waals surface area contributed by atoms with Gasteiger partial charge in [0.05, 0.1) is 5.02 Å². The van der Waals surface area contributed by atoms with Crippen LogP contribution in [0.25, 0.3) is 0 Å². The quantitative estimate of drug-likeness (QED) is 0.536. The van der Waals surface area contributed by atoms with Gasteiger partial charge in [0.2, 0.25) is 11.9 Å². The lowest BCUT2D eigenvalue weighted by Gasteiger charge is -1.89. The zero-order chi connectivity index (χ0) is 6.85. The second kappa shape index (κ2) is 3.43. The van der Waals surface area contributed by atoms with Gasteiger partial charge in [-0.1, -0.05) is 11.6 Å². The Morgan fingerprint density at radius 1 is 1.30 bits per heavy atom. The lowest BCUT2D eigenvalue weighted by molar-refractivity contribution is 0.513. The van der Waals surface area contributed by atoms with E-state index in [0.717, 1.165) is 12.1 Å². The molecule has 0 bridgehead atoms. The Hall–Kier alpha value is -0.740. The van der Waals surface area contributed by atoms with E-state index < -0.39 is 11.9 Å². The lowest BCUT2D eigenvalue weighted by Crippen LogP contribution is -1.86. The lowest BCUT2D eigenvalue weighted by atomic mass is 10.5. The highest BCUT2D eigenvalue weighted by Gasteiger charge is 1.99. The fourth-order valence-corrected chi connectivity index (χ4v) is 0.500. The first-order chi connectivity index (χ1) is 4.20. The van der Waals surface area contributed by atoms with Crippen molar-refractivity contribution < 1.29 is 14.3 Å². The molecule has 0 saturated carbocycles. The van der Waals surface area contributed by atoms with Crippen LogP contribution < -0.4 is 0 Å². The molecule has 0 aromatic carbocycles. The van der Waals surface area contributed by atoms with E-state index in [2.05, 4.69) is 4.98 Å². The highest BCUT2D eigenvalue weighted by Crippen LogP contribution is 2.10. The number of hydrogen-bond acceptors (Lipinski definition) is 1. The maximum absolute atomic E-state index is 12.1. The van der Waals surface area contributed by atoms with Crippen LogP contribution in [0, 0.1) is 11.9 Å². The van der Waals surface area contributed by atoms with Gasteiger partial charge in [-0.3, -0.25) is 0 Å². The highest BCUT2D eigenvalue weighted by molar-refractivity contribution is 6.30.